The molecule has 5 heteroatoms. The van der Waals surface area contributed by atoms with Gasteiger partial charge in [-0.15, -0.1) is 0 Å². The van der Waals surface area contributed by atoms with Crippen molar-refractivity contribution >= 4 is 11.9 Å². The average molecular weight is 358 g/mol. The summed E-state index contributed by atoms with van der Waals surface area (Å²) in [6.45, 7) is 4.21. The van der Waals surface area contributed by atoms with E-state index in [2.05, 4.69) is 33.9 Å². The van der Waals surface area contributed by atoms with Crippen LogP contribution in [0.3, 0.4) is 0 Å². The highest BCUT2D eigenvalue weighted by molar-refractivity contribution is 5.95. The fourth-order valence-electron chi connectivity index (χ4n) is 3.50. The maximum Gasteiger partial charge on any atom is 0.254 e. The van der Waals surface area contributed by atoms with Crippen molar-refractivity contribution in [2.45, 2.75) is 13.0 Å². The molecule has 1 fully saturated rings. The van der Waals surface area contributed by atoms with E-state index in [0.717, 1.165) is 35.7 Å². The molecule has 1 saturated heterocycles. The molecular weight excluding hydrogens is 336 g/mol. The Morgan fingerprint density at radius 3 is 2.22 bits per heavy atom. The number of hydrogen-bond donors (Lipinski definition) is 0. The van der Waals surface area contributed by atoms with Gasteiger partial charge < -0.3 is 9.80 Å². The van der Waals surface area contributed by atoms with E-state index >= 15 is 0 Å². The normalized spacial score (nSPS) is 17.0. The van der Waals surface area contributed by atoms with Crippen LogP contribution in [0, 0.1) is 0 Å². The minimum atomic E-state index is 0.0794. The van der Waals surface area contributed by atoms with Gasteiger partial charge in [0.1, 0.15) is 0 Å². The van der Waals surface area contributed by atoms with Crippen LogP contribution in [0.5, 0.6) is 0 Å². The summed E-state index contributed by atoms with van der Waals surface area (Å²) in [5, 5.41) is 0. The van der Waals surface area contributed by atoms with E-state index < -0.39 is 0 Å². The second-order valence-corrected chi connectivity index (χ2v) is 6.79. The zero-order valence-electron chi connectivity index (χ0n) is 15.3. The molecule has 1 aromatic heterocycles. The van der Waals surface area contributed by atoms with Crippen molar-refractivity contribution in [1.82, 2.24) is 14.9 Å². The molecule has 3 aromatic rings. The fourth-order valence-corrected chi connectivity index (χ4v) is 3.50. The van der Waals surface area contributed by atoms with E-state index in [4.69, 9.17) is 0 Å². The van der Waals surface area contributed by atoms with Gasteiger partial charge in [0.15, 0.2) is 0 Å². The topological polar surface area (TPSA) is 49.3 Å². The van der Waals surface area contributed by atoms with Gasteiger partial charge in [-0.05, 0) is 36.2 Å². The number of nitrogens with zero attached hydrogens (tertiary/aromatic N) is 4. The van der Waals surface area contributed by atoms with Gasteiger partial charge in [-0.3, -0.25) is 4.79 Å². The van der Waals surface area contributed by atoms with Crippen LogP contribution in [-0.2, 0) is 0 Å². The number of amides is 1. The van der Waals surface area contributed by atoms with Gasteiger partial charge in [-0.25, -0.2) is 9.97 Å². The molecule has 1 amide bonds. The first kappa shape index (κ1) is 17.2. The summed E-state index contributed by atoms with van der Waals surface area (Å²) in [6.07, 6.45) is 3.50. The lowest BCUT2D eigenvalue weighted by Gasteiger charge is -2.39. The van der Waals surface area contributed by atoms with E-state index in [1.807, 2.05) is 53.4 Å². The van der Waals surface area contributed by atoms with Crippen molar-refractivity contribution in [2.75, 3.05) is 24.5 Å². The summed E-state index contributed by atoms with van der Waals surface area (Å²) < 4.78 is 0. The van der Waals surface area contributed by atoms with E-state index in [-0.39, 0.29) is 11.9 Å². The molecular formula is C22H22N4O. The van der Waals surface area contributed by atoms with Crippen LogP contribution in [0.25, 0.3) is 11.1 Å². The first-order chi connectivity index (χ1) is 13.2. The van der Waals surface area contributed by atoms with Crippen molar-refractivity contribution in [3.05, 3.63) is 78.6 Å². The van der Waals surface area contributed by atoms with Crippen LogP contribution in [0.1, 0.15) is 17.3 Å². The van der Waals surface area contributed by atoms with Crippen molar-refractivity contribution in [1.29, 1.82) is 0 Å². The largest absolute Gasteiger partial charge is 0.337 e. The van der Waals surface area contributed by atoms with Gasteiger partial charge in [0.2, 0.25) is 5.95 Å². The molecule has 0 bridgehead atoms. The summed E-state index contributed by atoms with van der Waals surface area (Å²) in [5.41, 5.74) is 3.00. The molecule has 0 N–H and O–H groups in total. The van der Waals surface area contributed by atoms with Crippen LogP contribution in [-0.4, -0.2) is 46.5 Å². The third-order valence-electron chi connectivity index (χ3n) is 4.96. The molecule has 2 aromatic carbocycles. The molecule has 27 heavy (non-hydrogen) atoms. The van der Waals surface area contributed by atoms with Crippen LogP contribution in [0.15, 0.2) is 73.1 Å². The van der Waals surface area contributed by atoms with Gasteiger partial charge in [0.05, 0.1) is 0 Å². The Kier molecular flexibility index (Phi) is 4.83. The number of carbonyl (C=O) groups excluding carboxylic acids is 1. The summed E-state index contributed by atoms with van der Waals surface area (Å²) in [4.78, 5) is 25.7. The first-order valence-electron chi connectivity index (χ1n) is 9.21. The van der Waals surface area contributed by atoms with Crippen LogP contribution in [0.2, 0.25) is 0 Å². The number of benzene rings is 2. The Bertz CT molecular complexity index is 897. The van der Waals surface area contributed by atoms with Crippen LogP contribution < -0.4 is 4.90 Å². The van der Waals surface area contributed by atoms with Gasteiger partial charge in [0.25, 0.3) is 5.91 Å². The minimum absolute atomic E-state index is 0.0794. The number of carbonyl (C=O) groups is 1. The maximum atomic E-state index is 13.0. The first-order valence-corrected chi connectivity index (χ1v) is 9.21. The molecule has 5 nitrogen and oxygen atoms in total. The van der Waals surface area contributed by atoms with Crippen molar-refractivity contribution in [3.63, 3.8) is 0 Å². The quantitative estimate of drug-likeness (QED) is 0.719. The lowest BCUT2D eigenvalue weighted by atomic mass is 10.0. The third kappa shape index (κ3) is 3.67. The smallest absolute Gasteiger partial charge is 0.254 e. The molecule has 1 aliphatic heterocycles. The molecule has 4 rings (SSSR count). The Morgan fingerprint density at radius 1 is 0.889 bits per heavy atom. The van der Waals surface area contributed by atoms with Gasteiger partial charge in [0, 0.05) is 43.6 Å². The van der Waals surface area contributed by atoms with Gasteiger partial charge in [-0.2, -0.15) is 0 Å². The van der Waals surface area contributed by atoms with Crippen molar-refractivity contribution in [3.8, 4) is 11.1 Å². The molecule has 136 valence electrons. The maximum absolute atomic E-state index is 13.0. The van der Waals surface area contributed by atoms with Crippen molar-refractivity contribution in [2.24, 2.45) is 0 Å². The lowest BCUT2D eigenvalue weighted by Crippen LogP contribution is -2.54. The fraction of sp³-hybridized carbons (Fsp3) is 0.227. The van der Waals surface area contributed by atoms with Crippen LogP contribution >= 0.6 is 0 Å². The van der Waals surface area contributed by atoms with Crippen LogP contribution in [0.4, 0.5) is 5.95 Å². The Morgan fingerprint density at radius 2 is 1.56 bits per heavy atom. The molecule has 2 heterocycles. The second-order valence-electron chi connectivity index (χ2n) is 6.79. The van der Waals surface area contributed by atoms with E-state index in [9.17, 15) is 4.79 Å². The Labute approximate surface area is 159 Å². The highest BCUT2D eigenvalue weighted by Crippen LogP contribution is 2.21. The summed E-state index contributed by atoms with van der Waals surface area (Å²) in [6, 6.07) is 20.0. The SMILES string of the molecule is CC1CN(c2ncccn2)CCN1C(=O)c1ccc(-c2ccccc2)cc1. The number of aromatic nitrogens is 2. The lowest BCUT2D eigenvalue weighted by molar-refractivity contribution is 0.0673. The highest BCUT2D eigenvalue weighted by Gasteiger charge is 2.29. The zero-order valence-corrected chi connectivity index (χ0v) is 15.3. The summed E-state index contributed by atoms with van der Waals surface area (Å²) in [5.74, 6) is 0.805. The molecule has 0 saturated carbocycles. The van der Waals surface area contributed by atoms with E-state index in [1.54, 1.807) is 12.4 Å². The number of rotatable bonds is 3. The molecule has 1 aliphatic rings. The molecule has 1 unspecified atom stereocenters. The monoisotopic (exact) mass is 358 g/mol. The predicted molar refractivity (Wildman–Crippen MR) is 107 cm³/mol. The minimum Gasteiger partial charge on any atom is -0.337 e. The molecule has 1 atom stereocenters. The van der Waals surface area contributed by atoms with E-state index in [1.165, 1.54) is 0 Å². The molecule has 0 radical (unpaired) electrons. The Hall–Kier alpha value is -3.21. The third-order valence-corrected chi connectivity index (χ3v) is 4.96. The number of piperazine rings is 1. The summed E-state index contributed by atoms with van der Waals surface area (Å²) in [7, 11) is 0. The highest BCUT2D eigenvalue weighted by atomic mass is 16.2. The van der Waals surface area contributed by atoms with E-state index in [0.29, 0.717) is 6.54 Å². The average Bonchev–Trinajstić information content (AvgIpc) is 2.74. The Balaban J connectivity index is 1.45. The standard InChI is InChI=1S/C22H22N4O/c1-17-16-25(22-23-12-5-13-24-22)14-15-26(17)21(27)20-10-8-19(9-11-20)18-6-3-2-4-7-18/h2-13,17H,14-16H2,1H3. The van der Waals surface area contributed by atoms with Gasteiger partial charge in [-0.1, -0.05) is 42.5 Å². The van der Waals surface area contributed by atoms with Gasteiger partial charge >= 0.3 is 0 Å². The molecule has 0 aliphatic carbocycles. The summed E-state index contributed by atoms with van der Waals surface area (Å²) >= 11 is 0. The number of hydrogen-bond acceptors (Lipinski definition) is 4. The molecule has 0 spiro atoms. The predicted octanol–water partition coefficient (Wildman–Crippen LogP) is 3.49. The zero-order chi connectivity index (χ0) is 18.6. The second kappa shape index (κ2) is 7.58. The number of anilines is 1. The van der Waals surface area contributed by atoms with Crippen molar-refractivity contribution < 1.29 is 4.79 Å².